The monoisotopic (exact) mass is 294 g/mol. The highest BCUT2D eigenvalue weighted by Gasteiger charge is 2.10. The SMILES string of the molecule is CCCCOC(=O)COc1cc(F)c(Cl)cc1Cl. The summed E-state index contributed by atoms with van der Waals surface area (Å²) in [7, 11) is 0. The molecular formula is C12H13Cl2FO3. The van der Waals surface area contributed by atoms with Gasteiger partial charge in [0.15, 0.2) is 6.61 Å². The Kier molecular flexibility index (Phi) is 6.22. The number of hydrogen-bond donors (Lipinski definition) is 0. The number of rotatable bonds is 6. The zero-order valence-corrected chi connectivity index (χ0v) is 11.4. The molecule has 0 spiro atoms. The minimum absolute atomic E-state index is 0.0611. The van der Waals surface area contributed by atoms with Crippen molar-refractivity contribution in [1.29, 1.82) is 0 Å². The molecule has 0 aliphatic heterocycles. The summed E-state index contributed by atoms with van der Waals surface area (Å²) < 4.78 is 23.1. The van der Waals surface area contributed by atoms with Crippen molar-refractivity contribution >= 4 is 29.2 Å². The zero-order chi connectivity index (χ0) is 13.5. The zero-order valence-electron chi connectivity index (χ0n) is 9.84. The third-order valence-electron chi connectivity index (χ3n) is 2.08. The third-order valence-corrected chi connectivity index (χ3v) is 2.67. The molecule has 1 rings (SSSR count). The molecule has 0 bridgehead atoms. The standard InChI is InChI=1S/C12H13Cl2FO3/c1-2-3-4-17-12(16)7-18-11-6-10(15)8(13)5-9(11)14/h5-6H,2-4,7H2,1H3. The van der Waals surface area contributed by atoms with Crippen LogP contribution in [-0.4, -0.2) is 19.2 Å². The first kappa shape index (κ1) is 15.1. The van der Waals surface area contributed by atoms with Gasteiger partial charge in [0.05, 0.1) is 16.7 Å². The topological polar surface area (TPSA) is 35.5 Å². The van der Waals surface area contributed by atoms with Crippen molar-refractivity contribution in [2.75, 3.05) is 13.2 Å². The summed E-state index contributed by atoms with van der Waals surface area (Å²) in [5, 5.41) is 0.0423. The normalized spacial score (nSPS) is 10.2. The average molecular weight is 295 g/mol. The van der Waals surface area contributed by atoms with E-state index in [2.05, 4.69) is 0 Å². The van der Waals surface area contributed by atoms with E-state index in [0.717, 1.165) is 18.9 Å². The van der Waals surface area contributed by atoms with Crippen LogP contribution in [0.1, 0.15) is 19.8 Å². The van der Waals surface area contributed by atoms with Gasteiger partial charge in [0.2, 0.25) is 0 Å². The summed E-state index contributed by atoms with van der Waals surface area (Å²) >= 11 is 11.3. The number of esters is 1. The summed E-state index contributed by atoms with van der Waals surface area (Å²) in [5.74, 6) is -1.11. The van der Waals surface area contributed by atoms with E-state index in [4.69, 9.17) is 32.7 Å². The van der Waals surface area contributed by atoms with Crippen LogP contribution in [0.15, 0.2) is 12.1 Å². The minimum Gasteiger partial charge on any atom is -0.480 e. The summed E-state index contributed by atoms with van der Waals surface area (Å²) in [6.07, 6.45) is 1.73. The fourth-order valence-electron chi connectivity index (χ4n) is 1.12. The van der Waals surface area contributed by atoms with Crippen LogP contribution in [0, 0.1) is 5.82 Å². The Hall–Kier alpha value is -1.00. The number of unbranched alkanes of at least 4 members (excludes halogenated alkanes) is 1. The molecule has 18 heavy (non-hydrogen) atoms. The fraction of sp³-hybridized carbons (Fsp3) is 0.417. The molecule has 1 aromatic rings. The van der Waals surface area contributed by atoms with Crippen LogP contribution < -0.4 is 4.74 Å². The van der Waals surface area contributed by atoms with Crippen molar-refractivity contribution in [2.24, 2.45) is 0 Å². The van der Waals surface area contributed by atoms with E-state index >= 15 is 0 Å². The molecule has 0 saturated carbocycles. The highest BCUT2D eigenvalue weighted by Crippen LogP contribution is 2.30. The van der Waals surface area contributed by atoms with E-state index in [1.807, 2.05) is 6.92 Å². The second-order valence-corrected chi connectivity index (χ2v) is 4.37. The van der Waals surface area contributed by atoms with Crippen LogP contribution in [0.2, 0.25) is 10.0 Å². The molecule has 0 unspecified atom stereocenters. The molecule has 0 N–H and O–H groups in total. The largest absolute Gasteiger partial charge is 0.480 e. The van der Waals surface area contributed by atoms with Crippen LogP contribution >= 0.6 is 23.2 Å². The lowest BCUT2D eigenvalue weighted by molar-refractivity contribution is -0.146. The second kappa shape index (κ2) is 7.44. The third kappa shape index (κ3) is 4.70. The molecule has 0 fully saturated rings. The van der Waals surface area contributed by atoms with Crippen LogP contribution in [-0.2, 0) is 9.53 Å². The van der Waals surface area contributed by atoms with Gasteiger partial charge in [-0.25, -0.2) is 9.18 Å². The molecule has 6 heteroatoms. The summed E-state index contributed by atoms with van der Waals surface area (Å²) in [6.45, 7) is 2.02. The lowest BCUT2D eigenvalue weighted by atomic mass is 10.3. The van der Waals surface area contributed by atoms with Crippen LogP contribution in [0.3, 0.4) is 0 Å². The molecule has 0 atom stereocenters. The number of benzene rings is 1. The summed E-state index contributed by atoms with van der Waals surface area (Å²) in [4.78, 5) is 11.2. The van der Waals surface area contributed by atoms with Gasteiger partial charge < -0.3 is 9.47 Å². The van der Waals surface area contributed by atoms with Gasteiger partial charge in [-0.2, -0.15) is 0 Å². The van der Waals surface area contributed by atoms with E-state index in [-0.39, 0.29) is 22.4 Å². The minimum atomic E-state index is -0.657. The number of hydrogen-bond acceptors (Lipinski definition) is 3. The smallest absolute Gasteiger partial charge is 0.344 e. The van der Waals surface area contributed by atoms with Crippen molar-refractivity contribution in [3.8, 4) is 5.75 Å². The number of ether oxygens (including phenoxy) is 2. The Balaban J connectivity index is 2.48. The van der Waals surface area contributed by atoms with Gasteiger partial charge in [-0.3, -0.25) is 0 Å². The van der Waals surface area contributed by atoms with Gasteiger partial charge >= 0.3 is 5.97 Å². The van der Waals surface area contributed by atoms with E-state index in [0.29, 0.717) is 6.61 Å². The molecule has 0 amide bonds. The first-order chi connectivity index (χ1) is 8.54. The molecule has 0 aliphatic rings. The number of halogens is 3. The number of carbonyl (C=O) groups excluding carboxylic acids is 1. The predicted octanol–water partition coefficient (Wildman–Crippen LogP) is 3.85. The van der Waals surface area contributed by atoms with Crippen molar-refractivity contribution in [3.05, 3.63) is 28.0 Å². The molecule has 0 aromatic heterocycles. The lowest BCUT2D eigenvalue weighted by Gasteiger charge is -2.08. The maximum absolute atomic E-state index is 13.1. The maximum Gasteiger partial charge on any atom is 0.344 e. The van der Waals surface area contributed by atoms with Crippen LogP contribution in [0.25, 0.3) is 0 Å². The summed E-state index contributed by atoms with van der Waals surface area (Å²) in [5.41, 5.74) is 0. The Labute approximate surface area is 115 Å². The Morgan fingerprint density at radius 1 is 1.33 bits per heavy atom. The van der Waals surface area contributed by atoms with E-state index in [1.54, 1.807) is 0 Å². The second-order valence-electron chi connectivity index (χ2n) is 3.56. The highest BCUT2D eigenvalue weighted by molar-refractivity contribution is 6.35. The van der Waals surface area contributed by atoms with Gasteiger partial charge in [-0.15, -0.1) is 0 Å². The van der Waals surface area contributed by atoms with Gasteiger partial charge in [0, 0.05) is 6.07 Å². The molecular weight excluding hydrogens is 282 g/mol. The molecule has 0 heterocycles. The Morgan fingerprint density at radius 3 is 2.72 bits per heavy atom. The quantitative estimate of drug-likeness (QED) is 0.454. The van der Waals surface area contributed by atoms with Crippen molar-refractivity contribution in [1.82, 2.24) is 0 Å². The Morgan fingerprint density at radius 2 is 2.06 bits per heavy atom. The lowest BCUT2D eigenvalue weighted by Crippen LogP contribution is -2.15. The molecule has 3 nitrogen and oxygen atoms in total. The average Bonchev–Trinajstić information content (AvgIpc) is 2.32. The predicted molar refractivity (Wildman–Crippen MR) is 67.8 cm³/mol. The van der Waals surface area contributed by atoms with Crippen LogP contribution in [0.4, 0.5) is 4.39 Å². The number of carbonyl (C=O) groups is 1. The molecule has 0 aliphatic carbocycles. The first-order valence-electron chi connectivity index (χ1n) is 5.47. The van der Waals surface area contributed by atoms with Crippen molar-refractivity contribution in [3.63, 3.8) is 0 Å². The molecule has 100 valence electrons. The molecule has 0 radical (unpaired) electrons. The van der Waals surface area contributed by atoms with Gasteiger partial charge in [0.25, 0.3) is 0 Å². The Bertz CT molecular complexity index is 424. The summed E-state index contributed by atoms with van der Waals surface area (Å²) in [6, 6.07) is 2.25. The molecule has 1 aromatic carbocycles. The highest BCUT2D eigenvalue weighted by atomic mass is 35.5. The maximum atomic E-state index is 13.1. The van der Waals surface area contributed by atoms with Crippen molar-refractivity contribution in [2.45, 2.75) is 19.8 Å². The van der Waals surface area contributed by atoms with Gasteiger partial charge in [-0.05, 0) is 12.5 Å². The van der Waals surface area contributed by atoms with Crippen LogP contribution in [0.5, 0.6) is 5.75 Å². The van der Waals surface area contributed by atoms with E-state index in [9.17, 15) is 9.18 Å². The van der Waals surface area contributed by atoms with Crippen molar-refractivity contribution < 1.29 is 18.7 Å². The van der Waals surface area contributed by atoms with E-state index in [1.165, 1.54) is 6.07 Å². The van der Waals surface area contributed by atoms with Gasteiger partial charge in [0.1, 0.15) is 11.6 Å². The first-order valence-corrected chi connectivity index (χ1v) is 6.23. The molecule has 0 saturated heterocycles. The van der Waals surface area contributed by atoms with Gasteiger partial charge in [-0.1, -0.05) is 36.5 Å². The van der Waals surface area contributed by atoms with E-state index < -0.39 is 11.8 Å². The fourth-order valence-corrected chi connectivity index (χ4v) is 1.56.